The average Bonchev–Trinajstić information content (AvgIpc) is 2.88. The van der Waals surface area contributed by atoms with Gasteiger partial charge in [-0.05, 0) is 11.1 Å². The van der Waals surface area contributed by atoms with Crippen molar-refractivity contribution in [3.05, 3.63) is 94.6 Å². The Kier molecular flexibility index (Phi) is 15.6. The van der Waals surface area contributed by atoms with Crippen LogP contribution in [-0.4, -0.2) is 18.4 Å². The molecule has 0 aromatic heterocycles. The maximum absolute atomic E-state index is 3.84. The molecule has 0 saturated heterocycles. The van der Waals surface area contributed by atoms with Crippen LogP contribution in [0.25, 0.3) is 24.3 Å². The van der Waals surface area contributed by atoms with Crippen LogP contribution in [0.15, 0.2) is 72.4 Å². The van der Waals surface area contributed by atoms with Crippen molar-refractivity contribution in [2.45, 2.75) is 72.6 Å². The molecule has 0 aliphatic heterocycles. The van der Waals surface area contributed by atoms with Gasteiger partial charge in [-0.1, -0.05) is 49.6 Å². The van der Waals surface area contributed by atoms with Gasteiger partial charge in [0.05, 0.1) is 0 Å². The van der Waals surface area contributed by atoms with Gasteiger partial charge in [-0.2, -0.15) is 0 Å². The summed E-state index contributed by atoms with van der Waals surface area (Å²) in [6.45, 7) is 18.2. The molecule has 1 heteroatoms. The summed E-state index contributed by atoms with van der Waals surface area (Å²) in [5.41, 5.74) is 4.86. The predicted molar refractivity (Wildman–Crippen MR) is 157 cm³/mol. The van der Waals surface area contributed by atoms with Crippen LogP contribution >= 0.6 is 0 Å². The molecule has 33 heavy (non-hydrogen) atoms. The van der Waals surface area contributed by atoms with Gasteiger partial charge in [-0.25, -0.2) is 0 Å². The third-order valence-corrected chi connectivity index (χ3v) is 20.3. The molecule has 2 rings (SSSR count). The molecule has 0 amide bonds. The third-order valence-electron chi connectivity index (χ3n) is 6.29. The van der Waals surface area contributed by atoms with Crippen LogP contribution in [0.3, 0.4) is 0 Å². The first-order chi connectivity index (χ1) is 16.1. The van der Waals surface area contributed by atoms with E-state index in [4.69, 9.17) is 0 Å². The molecule has 178 valence electrons. The Morgan fingerprint density at radius 1 is 0.545 bits per heavy atom. The van der Waals surface area contributed by atoms with Crippen molar-refractivity contribution in [3.8, 4) is 0 Å². The largest absolute Gasteiger partial charge is 0.0985 e. The first-order valence-corrected chi connectivity index (χ1v) is 20.5. The average molecular weight is 549 g/mol. The molecule has 0 atom stereocenters. The summed E-state index contributed by atoms with van der Waals surface area (Å²) in [6.07, 6.45) is 16.4. The van der Waals surface area contributed by atoms with Crippen LogP contribution in [0.5, 0.6) is 0 Å². The van der Waals surface area contributed by atoms with E-state index in [0.717, 1.165) is 11.1 Å². The van der Waals surface area contributed by atoms with Crippen LogP contribution in [0.4, 0.5) is 0 Å². The van der Waals surface area contributed by atoms with Crippen molar-refractivity contribution in [3.63, 3.8) is 0 Å². The number of hydrogen-bond donors (Lipinski definition) is 0. The van der Waals surface area contributed by atoms with E-state index in [1.54, 1.807) is 13.3 Å². The zero-order valence-electron chi connectivity index (χ0n) is 21.5. The summed E-state index contributed by atoms with van der Waals surface area (Å²) >= 11 is -2.12. The first-order valence-electron chi connectivity index (χ1n) is 12.8. The minimum Gasteiger partial charge on any atom is -0.0985 e. The van der Waals surface area contributed by atoms with Crippen molar-refractivity contribution >= 4 is 42.7 Å². The fourth-order valence-electron chi connectivity index (χ4n) is 4.00. The zero-order valence-corrected chi connectivity index (χ0v) is 24.3. The van der Waals surface area contributed by atoms with Gasteiger partial charge in [0.1, 0.15) is 0 Å². The van der Waals surface area contributed by atoms with E-state index in [1.165, 1.54) is 49.7 Å². The minimum absolute atomic E-state index is 1.14. The van der Waals surface area contributed by atoms with E-state index in [9.17, 15) is 0 Å². The Morgan fingerprint density at radius 3 is 1.12 bits per heavy atom. The molecule has 0 unspecified atom stereocenters. The summed E-state index contributed by atoms with van der Waals surface area (Å²) in [5, 5.41) is 0. The molecule has 0 saturated carbocycles. The van der Waals surface area contributed by atoms with Gasteiger partial charge in [0.2, 0.25) is 0 Å². The maximum Gasteiger partial charge on any atom is -0.0262 e. The molecule has 0 aliphatic rings. The molecule has 0 N–H and O–H groups in total. The van der Waals surface area contributed by atoms with Crippen molar-refractivity contribution < 1.29 is 0 Å². The quantitative estimate of drug-likeness (QED) is 0.206. The second-order valence-corrected chi connectivity index (χ2v) is 22.0. The fraction of sp³-hybridized carbons (Fsp3) is 0.375. The Balaban J connectivity index is 0.000000451. The molecule has 0 spiro atoms. The maximum atomic E-state index is 3.84. The van der Waals surface area contributed by atoms with Gasteiger partial charge < -0.3 is 0 Å². The Labute approximate surface area is 209 Å². The summed E-state index contributed by atoms with van der Waals surface area (Å²) in [7, 11) is 0. The number of benzene rings is 2. The van der Waals surface area contributed by atoms with Gasteiger partial charge in [-0.15, -0.1) is 0 Å². The van der Waals surface area contributed by atoms with Crippen LogP contribution < -0.4 is 0 Å². The molecule has 0 bridgehead atoms. The molecule has 0 heterocycles. The normalized spacial score (nSPS) is 11.0. The monoisotopic (exact) mass is 550 g/mol. The van der Waals surface area contributed by atoms with E-state index in [-0.39, 0.29) is 0 Å². The molecule has 0 aliphatic carbocycles. The van der Waals surface area contributed by atoms with E-state index >= 15 is 0 Å². The SMILES string of the molecule is C=Cc1ccc(/C=[CH]/[Sn]([CH2]CCC)([CH2]CCC)[CH2]CCC)cc1.C=Cc1ccc(C=C)cc1. The number of unbranched alkanes of at least 4 members (excludes halogenated alkanes) is 3. The summed E-state index contributed by atoms with van der Waals surface area (Å²) in [6, 6.07) is 16.9. The van der Waals surface area contributed by atoms with Crippen molar-refractivity contribution in [2.24, 2.45) is 0 Å². The Morgan fingerprint density at radius 2 is 0.848 bits per heavy atom. The Hall–Kier alpha value is -1.80. The van der Waals surface area contributed by atoms with Crippen molar-refractivity contribution in [1.29, 1.82) is 0 Å². The smallest absolute Gasteiger partial charge is 0.0262 e. The van der Waals surface area contributed by atoms with Gasteiger partial charge in [-0.3, -0.25) is 0 Å². The third kappa shape index (κ3) is 11.8. The van der Waals surface area contributed by atoms with Crippen molar-refractivity contribution in [1.82, 2.24) is 0 Å². The van der Waals surface area contributed by atoms with Crippen LogP contribution in [0.1, 0.15) is 81.5 Å². The summed E-state index contributed by atoms with van der Waals surface area (Å²) < 4.78 is 7.39. The fourth-order valence-corrected chi connectivity index (χ4v) is 18.2. The molecule has 2 aromatic carbocycles. The molecular formula is C32H46Sn. The summed E-state index contributed by atoms with van der Waals surface area (Å²) in [4.78, 5) is 0. The van der Waals surface area contributed by atoms with Crippen LogP contribution in [0, 0.1) is 0 Å². The predicted octanol–water partition coefficient (Wildman–Crippen LogP) is 10.7. The van der Waals surface area contributed by atoms with E-state index in [0.29, 0.717) is 0 Å². The second-order valence-electron chi connectivity index (χ2n) is 8.95. The van der Waals surface area contributed by atoms with Crippen LogP contribution in [0.2, 0.25) is 13.3 Å². The number of rotatable bonds is 14. The topological polar surface area (TPSA) is 0 Å². The van der Waals surface area contributed by atoms with Gasteiger partial charge in [0.25, 0.3) is 0 Å². The standard InChI is InChI=1S/C10H10.C10H9.3C4H9.Sn/c2*1-3-9-5-7-10(4-2)8-6-9;3*1-3-4-2;/h3-8H,1-2H2;1,3-8H,2H2;3*1,3-4H2,2H3;. The molecule has 0 fully saturated rings. The number of hydrogen-bond acceptors (Lipinski definition) is 0. The summed E-state index contributed by atoms with van der Waals surface area (Å²) in [5.74, 6) is 0. The Bertz CT molecular complexity index is 775. The molecular weight excluding hydrogens is 503 g/mol. The van der Waals surface area contributed by atoms with Gasteiger partial charge >= 0.3 is 149 Å². The zero-order chi connectivity index (χ0) is 24.4. The van der Waals surface area contributed by atoms with Crippen LogP contribution in [-0.2, 0) is 0 Å². The van der Waals surface area contributed by atoms with Crippen molar-refractivity contribution in [2.75, 3.05) is 0 Å². The van der Waals surface area contributed by atoms with Gasteiger partial charge in [0.15, 0.2) is 0 Å². The first kappa shape index (κ1) is 29.2. The second kappa shape index (κ2) is 17.6. The van der Waals surface area contributed by atoms with E-state index in [1.807, 2.05) is 42.5 Å². The molecule has 0 radical (unpaired) electrons. The van der Waals surface area contributed by atoms with Gasteiger partial charge in [0, 0.05) is 0 Å². The van der Waals surface area contributed by atoms with E-state index in [2.05, 4.69) is 74.9 Å². The minimum atomic E-state index is -2.12. The van der Waals surface area contributed by atoms with E-state index < -0.39 is 18.4 Å². The molecule has 0 nitrogen and oxygen atoms in total. The molecule has 2 aromatic rings.